The number of amides is 1. The number of ether oxygens (including phenoxy) is 1. The summed E-state index contributed by atoms with van der Waals surface area (Å²) in [5.74, 6) is 0.384. The minimum absolute atomic E-state index is 0.0753. The SMILES string of the molecule is CC(NC(=O)c1ccc(Br)c(O)c1)C1CCOCC1. The number of phenols is 1. The predicted octanol–water partition coefficient (Wildman–Crippen LogP) is 2.70. The van der Waals surface area contributed by atoms with Gasteiger partial charge in [-0.1, -0.05) is 0 Å². The molecule has 2 rings (SSSR count). The molecule has 1 saturated heterocycles. The Morgan fingerprint density at radius 3 is 2.79 bits per heavy atom. The third kappa shape index (κ3) is 3.70. The van der Waals surface area contributed by atoms with E-state index in [4.69, 9.17) is 4.74 Å². The molecule has 0 aromatic heterocycles. The summed E-state index contributed by atoms with van der Waals surface area (Å²) in [6, 6.07) is 4.94. The van der Waals surface area contributed by atoms with Crippen molar-refractivity contribution < 1.29 is 14.6 Å². The second-order valence-electron chi connectivity index (χ2n) is 4.88. The summed E-state index contributed by atoms with van der Waals surface area (Å²) >= 11 is 3.20. The molecule has 1 fully saturated rings. The summed E-state index contributed by atoms with van der Waals surface area (Å²) < 4.78 is 5.90. The van der Waals surface area contributed by atoms with Gasteiger partial charge in [-0.05, 0) is 59.8 Å². The number of carbonyl (C=O) groups is 1. The maximum Gasteiger partial charge on any atom is 0.251 e. The van der Waals surface area contributed by atoms with Crippen LogP contribution in [-0.2, 0) is 4.74 Å². The first kappa shape index (κ1) is 14.3. The number of halogens is 1. The number of carbonyl (C=O) groups excluding carboxylic acids is 1. The van der Waals surface area contributed by atoms with E-state index in [1.807, 2.05) is 6.92 Å². The quantitative estimate of drug-likeness (QED) is 0.897. The lowest BCUT2D eigenvalue weighted by Gasteiger charge is -2.28. The molecule has 1 aromatic carbocycles. The molecule has 2 N–H and O–H groups in total. The lowest BCUT2D eigenvalue weighted by molar-refractivity contribution is 0.0538. The molecular formula is C14H18BrNO3. The Kier molecular flexibility index (Phi) is 4.82. The van der Waals surface area contributed by atoms with Gasteiger partial charge in [0.25, 0.3) is 5.91 Å². The van der Waals surface area contributed by atoms with E-state index in [0.717, 1.165) is 26.1 Å². The number of phenolic OH excluding ortho intramolecular Hbond substituents is 1. The Hall–Kier alpha value is -1.07. The van der Waals surface area contributed by atoms with E-state index in [1.54, 1.807) is 12.1 Å². The summed E-state index contributed by atoms with van der Waals surface area (Å²) in [7, 11) is 0. The van der Waals surface area contributed by atoms with Crippen LogP contribution in [0.4, 0.5) is 0 Å². The maximum absolute atomic E-state index is 12.1. The topological polar surface area (TPSA) is 58.6 Å². The Bertz CT molecular complexity index is 458. The fraction of sp³-hybridized carbons (Fsp3) is 0.500. The minimum atomic E-state index is -0.151. The largest absolute Gasteiger partial charge is 0.507 e. The fourth-order valence-electron chi connectivity index (χ4n) is 2.28. The Labute approximate surface area is 121 Å². The third-order valence-electron chi connectivity index (χ3n) is 3.54. The van der Waals surface area contributed by atoms with E-state index in [9.17, 15) is 9.90 Å². The van der Waals surface area contributed by atoms with Crippen LogP contribution in [0.3, 0.4) is 0 Å². The Morgan fingerprint density at radius 2 is 2.16 bits per heavy atom. The van der Waals surface area contributed by atoms with Crippen LogP contribution < -0.4 is 5.32 Å². The maximum atomic E-state index is 12.1. The van der Waals surface area contributed by atoms with Gasteiger partial charge in [0, 0.05) is 24.8 Å². The van der Waals surface area contributed by atoms with Gasteiger partial charge in [-0.25, -0.2) is 0 Å². The lowest BCUT2D eigenvalue weighted by atomic mass is 9.93. The van der Waals surface area contributed by atoms with Crippen molar-refractivity contribution in [3.63, 3.8) is 0 Å². The molecule has 0 bridgehead atoms. The molecule has 0 spiro atoms. The predicted molar refractivity (Wildman–Crippen MR) is 76.3 cm³/mol. The van der Waals surface area contributed by atoms with Crippen LogP contribution in [0.2, 0.25) is 0 Å². The minimum Gasteiger partial charge on any atom is -0.507 e. The first-order valence-electron chi connectivity index (χ1n) is 6.45. The molecule has 0 aliphatic carbocycles. The molecule has 1 atom stereocenters. The van der Waals surface area contributed by atoms with Gasteiger partial charge < -0.3 is 15.2 Å². The second kappa shape index (κ2) is 6.39. The molecule has 1 aliphatic rings. The van der Waals surface area contributed by atoms with E-state index in [-0.39, 0.29) is 17.7 Å². The van der Waals surface area contributed by atoms with E-state index in [2.05, 4.69) is 21.2 Å². The second-order valence-corrected chi connectivity index (χ2v) is 5.73. The molecule has 1 heterocycles. The highest BCUT2D eigenvalue weighted by molar-refractivity contribution is 9.10. The highest BCUT2D eigenvalue weighted by atomic mass is 79.9. The summed E-state index contributed by atoms with van der Waals surface area (Å²) in [6.07, 6.45) is 1.96. The third-order valence-corrected chi connectivity index (χ3v) is 4.21. The zero-order valence-corrected chi connectivity index (χ0v) is 12.4. The molecule has 0 saturated carbocycles. The van der Waals surface area contributed by atoms with Crippen molar-refractivity contribution >= 4 is 21.8 Å². The number of rotatable bonds is 3. The number of nitrogens with one attached hydrogen (secondary N) is 1. The van der Waals surface area contributed by atoms with Crippen LogP contribution in [0.25, 0.3) is 0 Å². The number of benzene rings is 1. The van der Waals surface area contributed by atoms with Crippen molar-refractivity contribution in [2.24, 2.45) is 5.92 Å². The molecule has 1 aromatic rings. The summed E-state index contributed by atoms with van der Waals surface area (Å²) in [5, 5.41) is 12.6. The first-order chi connectivity index (χ1) is 9.08. The van der Waals surface area contributed by atoms with Crippen molar-refractivity contribution in [1.82, 2.24) is 5.32 Å². The van der Waals surface area contributed by atoms with Crippen LogP contribution >= 0.6 is 15.9 Å². The van der Waals surface area contributed by atoms with Crippen molar-refractivity contribution in [2.45, 2.75) is 25.8 Å². The van der Waals surface area contributed by atoms with Crippen LogP contribution in [-0.4, -0.2) is 30.3 Å². The van der Waals surface area contributed by atoms with E-state index < -0.39 is 0 Å². The van der Waals surface area contributed by atoms with Crippen molar-refractivity contribution in [3.8, 4) is 5.75 Å². The molecular weight excluding hydrogens is 310 g/mol. The fourth-order valence-corrected chi connectivity index (χ4v) is 2.52. The Morgan fingerprint density at radius 1 is 1.47 bits per heavy atom. The standard InChI is InChI=1S/C14H18BrNO3/c1-9(10-4-6-19-7-5-10)16-14(18)11-2-3-12(15)13(17)8-11/h2-3,8-10,17H,4-7H2,1H3,(H,16,18). The summed E-state index contributed by atoms with van der Waals surface area (Å²) in [6.45, 7) is 3.56. The van der Waals surface area contributed by atoms with Gasteiger partial charge in [0.05, 0.1) is 4.47 Å². The van der Waals surface area contributed by atoms with Crippen LogP contribution in [0, 0.1) is 5.92 Å². The van der Waals surface area contributed by atoms with E-state index in [0.29, 0.717) is 16.0 Å². The summed E-state index contributed by atoms with van der Waals surface area (Å²) in [5.41, 5.74) is 0.472. The Balaban J connectivity index is 1.97. The zero-order valence-electron chi connectivity index (χ0n) is 10.9. The highest BCUT2D eigenvalue weighted by Gasteiger charge is 2.22. The average molecular weight is 328 g/mol. The van der Waals surface area contributed by atoms with Crippen LogP contribution in [0.1, 0.15) is 30.1 Å². The normalized spacial score (nSPS) is 18.0. The molecule has 104 valence electrons. The summed E-state index contributed by atoms with van der Waals surface area (Å²) in [4.78, 5) is 12.1. The smallest absolute Gasteiger partial charge is 0.251 e. The van der Waals surface area contributed by atoms with E-state index >= 15 is 0 Å². The number of hydrogen-bond acceptors (Lipinski definition) is 3. The monoisotopic (exact) mass is 327 g/mol. The average Bonchev–Trinajstić information content (AvgIpc) is 2.42. The molecule has 1 unspecified atom stereocenters. The molecule has 19 heavy (non-hydrogen) atoms. The van der Waals surface area contributed by atoms with Gasteiger partial charge in [-0.15, -0.1) is 0 Å². The van der Waals surface area contributed by atoms with Crippen LogP contribution in [0.5, 0.6) is 5.75 Å². The van der Waals surface area contributed by atoms with Crippen molar-refractivity contribution in [3.05, 3.63) is 28.2 Å². The van der Waals surface area contributed by atoms with Gasteiger partial charge in [0.15, 0.2) is 0 Å². The molecule has 5 heteroatoms. The first-order valence-corrected chi connectivity index (χ1v) is 7.24. The van der Waals surface area contributed by atoms with Gasteiger partial charge in [-0.2, -0.15) is 0 Å². The molecule has 1 amide bonds. The van der Waals surface area contributed by atoms with E-state index in [1.165, 1.54) is 6.07 Å². The molecule has 4 nitrogen and oxygen atoms in total. The van der Waals surface area contributed by atoms with Crippen molar-refractivity contribution in [2.75, 3.05) is 13.2 Å². The van der Waals surface area contributed by atoms with Gasteiger partial charge in [-0.3, -0.25) is 4.79 Å². The molecule has 0 radical (unpaired) electrons. The number of aromatic hydroxyl groups is 1. The number of hydrogen-bond donors (Lipinski definition) is 2. The van der Waals surface area contributed by atoms with Gasteiger partial charge >= 0.3 is 0 Å². The van der Waals surface area contributed by atoms with Crippen LogP contribution in [0.15, 0.2) is 22.7 Å². The lowest BCUT2D eigenvalue weighted by Crippen LogP contribution is -2.40. The van der Waals surface area contributed by atoms with Crippen molar-refractivity contribution in [1.29, 1.82) is 0 Å². The molecule has 1 aliphatic heterocycles. The van der Waals surface area contributed by atoms with Gasteiger partial charge in [0.2, 0.25) is 0 Å². The highest BCUT2D eigenvalue weighted by Crippen LogP contribution is 2.24. The van der Waals surface area contributed by atoms with Gasteiger partial charge in [0.1, 0.15) is 5.75 Å². The zero-order chi connectivity index (χ0) is 13.8.